The molecular weight excluding hydrogens is 497 g/mol. The predicted molar refractivity (Wildman–Crippen MR) is 137 cm³/mol. The highest BCUT2D eigenvalue weighted by molar-refractivity contribution is 7.91. The van der Waals surface area contributed by atoms with Crippen molar-refractivity contribution in [2.45, 2.75) is 36.6 Å². The lowest BCUT2D eigenvalue weighted by Gasteiger charge is -2.36. The van der Waals surface area contributed by atoms with Crippen LogP contribution in [0.4, 0.5) is 15.0 Å². The van der Waals surface area contributed by atoms with Gasteiger partial charge >= 0.3 is 6.03 Å². The number of halogens is 1. The van der Waals surface area contributed by atoms with Crippen LogP contribution in [-0.2, 0) is 9.84 Å². The lowest BCUT2D eigenvalue weighted by atomic mass is 9.88. The molecule has 5 rings (SSSR count). The third-order valence-corrected chi connectivity index (χ3v) is 7.95. The molecule has 10 nitrogen and oxygen atoms in total. The molecule has 0 bridgehead atoms. The van der Waals surface area contributed by atoms with Gasteiger partial charge in [0.25, 0.3) is 0 Å². The molecule has 37 heavy (non-hydrogen) atoms. The Balaban J connectivity index is 1.59. The van der Waals surface area contributed by atoms with Crippen molar-refractivity contribution in [1.29, 1.82) is 0 Å². The van der Waals surface area contributed by atoms with Gasteiger partial charge in [-0.15, -0.1) is 0 Å². The number of nitrogen functional groups attached to an aromatic ring is 1. The molecule has 1 aliphatic heterocycles. The number of fused-ring (bicyclic) bond motifs is 1. The highest BCUT2D eigenvalue weighted by Crippen LogP contribution is 2.38. The molecule has 0 unspecified atom stereocenters. The quantitative estimate of drug-likeness (QED) is 0.417. The van der Waals surface area contributed by atoms with Gasteiger partial charge in [0.15, 0.2) is 15.5 Å². The normalized spacial score (nSPS) is 18.3. The molecule has 1 saturated heterocycles. The van der Waals surface area contributed by atoms with Crippen molar-refractivity contribution in [1.82, 2.24) is 24.5 Å². The molecular formula is C25H26FN7O3S. The summed E-state index contributed by atoms with van der Waals surface area (Å²) in [6, 6.07) is 9.01. The van der Waals surface area contributed by atoms with Crippen LogP contribution in [0.2, 0.25) is 0 Å². The number of likely N-dealkylation sites (tertiary alicyclic amines) is 1. The first-order chi connectivity index (χ1) is 17.5. The average molecular weight is 524 g/mol. The van der Waals surface area contributed by atoms with Crippen LogP contribution in [0.3, 0.4) is 0 Å². The molecule has 2 amide bonds. The maximum Gasteiger partial charge on any atom is 0.315 e. The highest BCUT2D eigenvalue weighted by atomic mass is 32.2. The molecule has 12 heteroatoms. The third-order valence-electron chi connectivity index (χ3n) is 6.79. The molecule has 1 aromatic carbocycles. The number of rotatable bonds is 4. The van der Waals surface area contributed by atoms with E-state index in [1.165, 1.54) is 16.6 Å². The zero-order chi connectivity index (χ0) is 26.5. The minimum atomic E-state index is -3.74. The standard InChI is InChI=1S/C25H26FN7O3S/c1-14-11-16(9-10-32(14)25(28)34)21-22(37(2,35)36)23(27)33-24(31-21)19(13-30-33)17-5-8-20(29-12-17)15-3-6-18(26)7-4-15/h3-8,12-14,16H,9-11,27H2,1-2H3,(H2,28,34)/t14-,16+/m0/s1. The largest absolute Gasteiger partial charge is 0.382 e. The van der Waals surface area contributed by atoms with Crippen LogP contribution in [0.1, 0.15) is 31.4 Å². The number of anilines is 1. The smallest absolute Gasteiger partial charge is 0.315 e. The summed E-state index contributed by atoms with van der Waals surface area (Å²) in [7, 11) is -3.74. The number of primary amides is 1. The Morgan fingerprint density at radius 2 is 1.81 bits per heavy atom. The number of aromatic nitrogens is 4. The van der Waals surface area contributed by atoms with Crippen LogP contribution >= 0.6 is 0 Å². The number of hydrogen-bond donors (Lipinski definition) is 2. The van der Waals surface area contributed by atoms with E-state index < -0.39 is 15.9 Å². The van der Waals surface area contributed by atoms with Gasteiger partial charge < -0.3 is 16.4 Å². The van der Waals surface area contributed by atoms with E-state index in [1.54, 1.807) is 29.4 Å². The summed E-state index contributed by atoms with van der Waals surface area (Å²) in [6.45, 7) is 2.26. The first-order valence-electron chi connectivity index (χ1n) is 11.7. The molecule has 1 fully saturated rings. The van der Waals surface area contributed by atoms with Gasteiger partial charge in [-0.3, -0.25) is 4.98 Å². The van der Waals surface area contributed by atoms with E-state index in [-0.39, 0.29) is 28.5 Å². The summed E-state index contributed by atoms with van der Waals surface area (Å²) >= 11 is 0. The van der Waals surface area contributed by atoms with Gasteiger partial charge in [0, 0.05) is 47.6 Å². The summed E-state index contributed by atoms with van der Waals surface area (Å²) < 4.78 is 40.2. The van der Waals surface area contributed by atoms with E-state index in [2.05, 4.69) is 10.1 Å². The number of piperidine rings is 1. The Kier molecular flexibility index (Phi) is 6.06. The van der Waals surface area contributed by atoms with Crippen molar-refractivity contribution in [2.24, 2.45) is 5.73 Å². The van der Waals surface area contributed by atoms with Crippen molar-refractivity contribution >= 4 is 27.3 Å². The van der Waals surface area contributed by atoms with Crippen LogP contribution in [0, 0.1) is 5.82 Å². The Morgan fingerprint density at radius 1 is 1.11 bits per heavy atom. The van der Waals surface area contributed by atoms with Crippen molar-refractivity contribution in [3.8, 4) is 22.4 Å². The number of benzene rings is 1. The zero-order valence-electron chi connectivity index (χ0n) is 20.3. The fourth-order valence-corrected chi connectivity index (χ4v) is 6.03. The molecule has 192 valence electrons. The van der Waals surface area contributed by atoms with E-state index >= 15 is 0 Å². The van der Waals surface area contributed by atoms with Gasteiger partial charge in [-0.1, -0.05) is 6.07 Å². The second kappa shape index (κ2) is 9.11. The molecule has 1 aliphatic rings. The van der Waals surface area contributed by atoms with E-state index in [1.807, 2.05) is 19.1 Å². The number of urea groups is 1. The van der Waals surface area contributed by atoms with E-state index in [0.29, 0.717) is 47.5 Å². The molecule has 4 aromatic rings. The number of sulfone groups is 1. The Morgan fingerprint density at radius 3 is 2.41 bits per heavy atom. The number of carbonyl (C=O) groups is 1. The molecule has 4 heterocycles. The molecule has 0 saturated carbocycles. The zero-order valence-corrected chi connectivity index (χ0v) is 21.1. The average Bonchev–Trinajstić information content (AvgIpc) is 3.28. The predicted octanol–water partition coefficient (Wildman–Crippen LogP) is 3.23. The van der Waals surface area contributed by atoms with Crippen LogP contribution in [-0.4, -0.2) is 57.8 Å². The summed E-state index contributed by atoms with van der Waals surface area (Å²) in [5.41, 5.74) is 15.4. The van der Waals surface area contributed by atoms with Gasteiger partial charge in [-0.2, -0.15) is 9.61 Å². The lowest BCUT2D eigenvalue weighted by molar-refractivity contribution is 0.157. The minimum absolute atomic E-state index is 0.0189. The number of carbonyl (C=O) groups excluding carboxylic acids is 1. The molecule has 4 N–H and O–H groups in total. The monoisotopic (exact) mass is 523 g/mol. The first-order valence-corrected chi connectivity index (χ1v) is 13.6. The maximum atomic E-state index is 13.3. The summed E-state index contributed by atoms with van der Waals surface area (Å²) in [5.74, 6) is -0.590. The van der Waals surface area contributed by atoms with Gasteiger partial charge in [-0.25, -0.2) is 22.6 Å². The first kappa shape index (κ1) is 24.6. The molecule has 3 aromatic heterocycles. The van der Waals surface area contributed by atoms with Crippen molar-refractivity contribution in [2.75, 3.05) is 18.5 Å². The number of pyridine rings is 1. The van der Waals surface area contributed by atoms with Gasteiger partial charge in [-0.05, 0) is 50.1 Å². The second-order valence-corrected chi connectivity index (χ2v) is 11.3. The third kappa shape index (κ3) is 4.48. The van der Waals surface area contributed by atoms with Crippen LogP contribution in [0.25, 0.3) is 28.0 Å². The topological polar surface area (TPSA) is 150 Å². The highest BCUT2D eigenvalue weighted by Gasteiger charge is 2.34. The number of nitrogens with zero attached hydrogens (tertiary/aromatic N) is 5. The van der Waals surface area contributed by atoms with E-state index in [0.717, 1.165) is 11.8 Å². The van der Waals surface area contributed by atoms with Crippen LogP contribution < -0.4 is 11.5 Å². The molecule has 0 aliphatic carbocycles. The van der Waals surface area contributed by atoms with E-state index in [4.69, 9.17) is 16.5 Å². The van der Waals surface area contributed by atoms with Crippen LogP contribution in [0.15, 0.2) is 53.7 Å². The van der Waals surface area contributed by atoms with Crippen molar-refractivity contribution < 1.29 is 17.6 Å². The Labute approximate surface area is 213 Å². The number of nitrogens with two attached hydrogens (primary N) is 2. The van der Waals surface area contributed by atoms with Gasteiger partial charge in [0.05, 0.1) is 17.6 Å². The Hall–Kier alpha value is -4.06. The van der Waals surface area contributed by atoms with Gasteiger partial charge in [0.1, 0.15) is 16.5 Å². The number of amides is 2. The van der Waals surface area contributed by atoms with Crippen molar-refractivity contribution in [3.05, 3.63) is 60.3 Å². The fraction of sp³-hybridized carbons (Fsp3) is 0.280. The molecule has 0 radical (unpaired) electrons. The second-order valence-electron chi connectivity index (χ2n) is 9.32. The van der Waals surface area contributed by atoms with Gasteiger partial charge in [0.2, 0.25) is 0 Å². The lowest BCUT2D eigenvalue weighted by Crippen LogP contribution is -2.47. The van der Waals surface area contributed by atoms with Crippen molar-refractivity contribution in [3.63, 3.8) is 0 Å². The van der Waals surface area contributed by atoms with Crippen LogP contribution in [0.5, 0.6) is 0 Å². The summed E-state index contributed by atoms with van der Waals surface area (Å²) in [6.07, 6.45) is 5.31. The van der Waals surface area contributed by atoms with E-state index in [9.17, 15) is 17.6 Å². The fourth-order valence-electron chi connectivity index (χ4n) is 4.97. The maximum absolute atomic E-state index is 13.3. The summed E-state index contributed by atoms with van der Waals surface area (Å²) in [4.78, 5) is 22.6. The Bertz CT molecular complexity index is 1600. The number of hydrogen-bond acceptors (Lipinski definition) is 7. The molecule has 0 spiro atoms. The SMILES string of the molecule is C[C@H]1C[C@H](c2nc3c(-c4ccc(-c5ccc(F)cc5)nc4)cnn3c(N)c2S(C)(=O)=O)CCN1C(N)=O. The minimum Gasteiger partial charge on any atom is -0.382 e. The summed E-state index contributed by atoms with van der Waals surface area (Å²) in [5, 5.41) is 4.32. The molecule has 2 atom stereocenters.